The standard InChI is InChI=1S/C18H21NO/c1-14(16-10-6-3-7-11-16)12-18(20)17(19)13-15-8-4-2-5-9-15/h2-11,14,17H,12-13,19H2,1H3/t14-,17+/m0/s1. The van der Waals surface area contributed by atoms with Crippen molar-refractivity contribution in [2.75, 3.05) is 0 Å². The molecule has 20 heavy (non-hydrogen) atoms. The molecule has 2 aromatic rings. The first kappa shape index (κ1) is 14.5. The predicted molar refractivity (Wildman–Crippen MR) is 82.6 cm³/mol. The Morgan fingerprint density at radius 3 is 2.15 bits per heavy atom. The number of ketones is 1. The third kappa shape index (κ3) is 4.04. The molecule has 0 spiro atoms. The SMILES string of the molecule is C[C@@H](CC(=O)[C@H](N)Cc1ccccc1)c1ccccc1. The average molecular weight is 267 g/mol. The number of hydrogen-bond donors (Lipinski definition) is 1. The summed E-state index contributed by atoms with van der Waals surface area (Å²) in [6.07, 6.45) is 1.11. The number of benzene rings is 2. The van der Waals surface area contributed by atoms with E-state index in [-0.39, 0.29) is 11.7 Å². The molecule has 0 radical (unpaired) electrons. The minimum atomic E-state index is -0.413. The summed E-state index contributed by atoms with van der Waals surface area (Å²) in [4.78, 5) is 12.2. The lowest BCUT2D eigenvalue weighted by molar-refractivity contribution is -0.120. The van der Waals surface area contributed by atoms with E-state index >= 15 is 0 Å². The Bertz CT molecular complexity index is 536. The fourth-order valence-corrected chi connectivity index (χ4v) is 2.33. The van der Waals surface area contributed by atoms with Crippen LogP contribution in [-0.2, 0) is 11.2 Å². The Labute approximate surface area is 120 Å². The summed E-state index contributed by atoms with van der Waals surface area (Å²) < 4.78 is 0. The van der Waals surface area contributed by atoms with Crippen LogP contribution in [0.1, 0.15) is 30.4 Å². The summed E-state index contributed by atoms with van der Waals surface area (Å²) in [6, 6.07) is 19.6. The van der Waals surface area contributed by atoms with Crippen LogP contribution >= 0.6 is 0 Å². The Morgan fingerprint density at radius 1 is 1.00 bits per heavy atom. The van der Waals surface area contributed by atoms with Gasteiger partial charge in [-0.25, -0.2) is 0 Å². The van der Waals surface area contributed by atoms with Gasteiger partial charge in [-0.15, -0.1) is 0 Å². The van der Waals surface area contributed by atoms with Gasteiger partial charge in [0.2, 0.25) is 0 Å². The van der Waals surface area contributed by atoms with Crippen LogP contribution in [0.25, 0.3) is 0 Å². The molecule has 0 fully saturated rings. The summed E-state index contributed by atoms with van der Waals surface area (Å²) in [5, 5.41) is 0. The van der Waals surface area contributed by atoms with Crippen molar-refractivity contribution in [2.45, 2.75) is 31.7 Å². The van der Waals surface area contributed by atoms with E-state index in [0.717, 1.165) is 5.56 Å². The lowest BCUT2D eigenvalue weighted by Gasteiger charge is -2.15. The molecule has 0 unspecified atom stereocenters. The zero-order chi connectivity index (χ0) is 14.4. The Hall–Kier alpha value is -1.93. The van der Waals surface area contributed by atoms with Crippen molar-refractivity contribution in [3.63, 3.8) is 0 Å². The lowest BCUT2D eigenvalue weighted by atomic mass is 9.92. The minimum Gasteiger partial charge on any atom is -0.321 e. The van der Waals surface area contributed by atoms with Crippen LogP contribution in [0, 0.1) is 0 Å². The second-order valence-corrected chi connectivity index (χ2v) is 5.28. The molecule has 2 heteroatoms. The number of Topliss-reactive ketones (excluding diaryl/α,β-unsaturated/α-hetero) is 1. The molecule has 104 valence electrons. The van der Waals surface area contributed by atoms with Crippen LogP contribution in [0.3, 0.4) is 0 Å². The Kier molecular flexibility index (Phi) is 5.08. The number of hydrogen-bond acceptors (Lipinski definition) is 2. The van der Waals surface area contributed by atoms with E-state index in [0.29, 0.717) is 12.8 Å². The number of carbonyl (C=O) groups is 1. The van der Waals surface area contributed by atoms with Gasteiger partial charge in [-0.05, 0) is 23.5 Å². The molecule has 2 N–H and O–H groups in total. The van der Waals surface area contributed by atoms with Crippen LogP contribution in [-0.4, -0.2) is 11.8 Å². The van der Waals surface area contributed by atoms with Crippen molar-refractivity contribution in [3.8, 4) is 0 Å². The first-order valence-electron chi connectivity index (χ1n) is 7.04. The number of rotatable bonds is 6. The van der Waals surface area contributed by atoms with Crippen LogP contribution in [0.5, 0.6) is 0 Å². The van der Waals surface area contributed by atoms with E-state index in [1.54, 1.807) is 0 Å². The van der Waals surface area contributed by atoms with Gasteiger partial charge in [0, 0.05) is 6.42 Å². The van der Waals surface area contributed by atoms with Crippen molar-refractivity contribution in [3.05, 3.63) is 71.8 Å². The third-order valence-electron chi connectivity index (χ3n) is 3.59. The van der Waals surface area contributed by atoms with Crippen molar-refractivity contribution in [1.82, 2.24) is 0 Å². The molecule has 0 aliphatic heterocycles. The zero-order valence-corrected chi connectivity index (χ0v) is 11.8. The average Bonchev–Trinajstić information content (AvgIpc) is 2.49. The fraction of sp³-hybridized carbons (Fsp3) is 0.278. The van der Waals surface area contributed by atoms with Crippen molar-refractivity contribution < 1.29 is 4.79 Å². The molecule has 0 saturated carbocycles. The van der Waals surface area contributed by atoms with Gasteiger partial charge in [0.05, 0.1) is 6.04 Å². The topological polar surface area (TPSA) is 43.1 Å². The maximum Gasteiger partial charge on any atom is 0.150 e. The summed E-state index contributed by atoms with van der Waals surface area (Å²) in [5.74, 6) is 0.343. The van der Waals surface area contributed by atoms with Gasteiger partial charge < -0.3 is 5.73 Å². The molecule has 2 rings (SSSR count). The van der Waals surface area contributed by atoms with E-state index < -0.39 is 6.04 Å². The van der Waals surface area contributed by atoms with Crippen LogP contribution < -0.4 is 5.73 Å². The molecule has 0 aromatic heterocycles. The molecule has 2 aromatic carbocycles. The van der Waals surface area contributed by atoms with Gasteiger partial charge in [-0.3, -0.25) is 4.79 Å². The molecule has 0 amide bonds. The Morgan fingerprint density at radius 2 is 1.55 bits per heavy atom. The normalized spacial score (nSPS) is 13.7. The van der Waals surface area contributed by atoms with Crippen molar-refractivity contribution >= 4 is 5.78 Å². The largest absolute Gasteiger partial charge is 0.321 e. The maximum atomic E-state index is 12.2. The van der Waals surface area contributed by atoms with Gasteiger partial charge >= 0.3 is 0 Å². The maximum absolute atomic E-state index is 12.2. The van der Waals surface area contributed by atoms with Crippen LogP contribution in [0.2, 0.25) is 0 Å². The van der Waals surface area contributed by atoms with E-state index in [1.807, 2.05) is 48.5 Å². The van der Waals surface area contributed by atoms with Gasteiger partial charge in [-0.2, -0.15) is 0 Å². The smallest absolute Gasteiger partial charge is 0.150 e. The predicted octanol–water partition coefficient (Wildman–Crippen LogP) is 3.32. The molecular weight excluding hydrogens is 246 g/mol. The molecule has 2 nitrogen and oxygen atoms in total. The van der Waals surface area contributed by atoms with Crippen molar-refractivity contribution in [1.29, 1.82) is 0 Å². The highest BCUT2D eigenvalue weighted by Crippen LogP contribution is 2.19. The highest BCUT2D eigenvalue weighted by Gasteiger charge is 2.17. The summed E-state index contributed by atoms with van der Waals surface area (Å²) in [6.45, 7) is 2.07. The summed E-state index contributed by atoms with van der Waals surface area (Å²) in [7, 11) is 0. The monoisotopic (exact) mass is 267 g/mol. The van der Waals surface area contributed by atoms with Gasteiger partial charge in [0.25, 0.3) is 0 Å². The minimum absolute atomic E-state index is 0.130. The van der Waals surface area contributed by atoms with E-state index in [9.17, 15) is 4.79 Å². The van der Waals surface area contributed by atoms with Gasteiger partial charge in [0.15, 0.2) is 0 Å². The first-order chi connectivity index (χ1) is 9.66. The second kappa shape index (κ2) is 7.01. The van der Waals surface area contributed by atoms with Gasteiger partial charge in [0.1, 0.15) is 5.78 Å². The third-order valence-corrected chi connectivity index (χ3v) is 3.59. The Balaban J connectivity index is 1.91. The fourth-order valence-electron chi connectivity index (χ4n) is 2.33. The molecule has 0 heterocycles. The van der Waals surface area contributed by atoms with Crippen molar-refractivity contribution in [2.24, 2.45) is 5.73 Å². The number of carbonyl (C=O) groups excluding carboxylic acids is 1. The highest BCUT2D eigenvalue weighted by molar-refractivity contribution is 5.84. The zero-order valence-electron chi connectivity index (χ0n) is 11.8. The highest BCUT2D eigenvalue weighted by atomic mass is 16.1. The molecule has 2 atom stereocenters. The van der Waals surface area contributed by atoms with E-state index in [4.69, 9.17) is 5.73 Å². The van der Waals surface area contributed by atoms with Crippen LogP contribution in [0.4, 0.5) is 0 Å². The second-order valence-electron chi connectivity index (χ2n) is 5.28. The van der Waals surface area contributed by atoms with E-state index in [1.165, 1.54) is 5.56 Å². The number of nitrogens with two attached hydrogens (primary N) is 1. The molecule has 0 bridgehead atoms. The molecule has 0 aliphatic carbocycles. The summed E-state index contributed by atoms with van der Waals surface area (Å²) in [5.41, 5.74) is 8.33. The molecule has 0 aliphatic rings. The first-order valence-corrected chi connectivity index (χ1v) is 7.04. The van der Waals surface area contributed by atoms with Gasteiger partial charge in [-0.1, -0.05) is 67.6 Å². The van der Waals surface area contributed by atoms with Crippen LogP contribution in [0.15, 0.2) is 60.7 Å². The molecular formula is C18H21NO. The lowest BCUT2D eigenvalue weighted by Crippen LogP contribution is -2.33. The summed E-state index contributed by atoms with van der Waals surface area (Å²) >= 11 is 0. The quantitative estimate of drug-likeness (QED) is 0.872. The molecule has 0 saturated heterocycles. The van der Waals surface area contributed by atoms with E-state index in [2.05, 4.69) is 19.1 Å².